The minimum atomic E-state index is -0.981. The zero-order valence-electron chi connectivity index (χ0n) is 19.1. The van der Waals surface area contributed by atoms with Gasteiger partial charge in [0.05, 0.1) is 12.1 Å². The van der Waals surface area contributed by atoms with Crippen molar-refractivity contribution in [3.8, 4) is 11.1 Å². The molecule has 180 valence electrons. The predicted molar refractivity (Wildman–Crippen MR) is 137 cm³/mol. The largest absolute Gasteiger partial charge is 0.481 e. The molecule has 7 nitrogen and oxygen atoms in total. The van der Waals surface area contributed by atoms with Gasteiger partial charge in [-0.05, 0) is 62.8 Å². The second-order valence-electron chi connectivity index (χ2n) is 8.32. The topological polar surface area (TPSA) is 105 Å². The van der Waals surface area contributed by atoms with Gasteiger partial charge in [0.2, 0.25) is 0 Å². The van der Waals surface area contributed by atoms with Crippen LogP contribution in [-0.2, 0) is 9.53 Å². The van der Waals surface area contributed by atoms with Gasteiger partial charge < -0.3 is 15.2 Å². The molecule has 3 N–H and O–H groups in total. The Morgan fingerprint density at radius 2 is 1.63 bits per heavy atom. The smallest absolute Gasteiger partial charge is 0.411 e. The van der Waals surface area contributed by atoms with E-state index in [0.29, 0.717) is 22.1 Å². The van der Waals surface area contributed by atoms with Gasteiger partial charge in [0.25, 0.3) is 5.91 Å². The van der Waals surface area contributed by atoms with Crippen molar-refractivity contribution in [3.05, 3.63) is 87.9 Å². The van der Waals surface area contributed by atoms with Gasteiger partial charge in [-0.1, -0.05) is 55.5 Å². The van der Waals surface area contributed by atoms with Crippen LogP contribution in [0.4, 0.5) is 10.5 Å². The molecule has 35 heavy (non-hydrogen) atoms. The third-order valence-corrected chi connectivity index (χ3v) is 6.75. The number of amides is 2. The highest BCUT2D eigenvalue weighted by Gasteiger charge is 2.29. The molecule has 0 fully saturated rings. The number of fused-ring (bicyclic) bond motifs is 3. The van der Waals surface area contributed by atoms with E-state index in [2.05, 4.69) is 38.7 Å². The Labute approximate surface area is 211 Å². The van der Waals surface area contributed by atoms with E-state index in [1.54, 1.807) is 19.1 Å². The average Bonchev–Trinajstić information content (AvgIpc) is 3.17. The second kappa shape index (κ2) is 10.7. The number of ether oxygens (including phenoxy) is 1. The van der Waals surface area contributed by atoms with Gasteiger partial charge in [-0.3, -0.25) is 14.9 Å². The van der Waals surface area contributed by atoms with Crippen LogP contribution in [-0.4, -0.2) is 35.7 Å². The lowest BCUT2D eigenvalue weighted by Gasteiger charge is -2.16. The van der Waals surface area contributed by atoms with Crippen LogP contribution in [0.15, 0.2) is 71.2 Å². The molecule has 3 aromatic rings. The molecule has 0 aromatic heterocycles. The number of carboxylic acids is 1. The second-order valence-corrected chi connectivity index (χ2v) is 9.18. The molecule has 0 saturated heterocycles. The lowest BCUT2D eigenvalue weighted by atomic mass is 9.98. The van der Waals surface area contributed by atoms with Gasteiger partial charge in [0.1, 0.15) is 6.61 Å². The molecule has 0 saturated carbocycles. The first-order chi connectivity index (χ1) is 16.9. The van der Waals surface area contributed by atoms with Crippen molar-refractivity contribution < 1.29 is 24.2 Å². The van der Waals surface area contributed by atoms with E-state index in [4.69, 9.17) is 9.84 Å². The highest BCUT2D eigenvalue weighted by atomic mass is 79.9. The Balaban J connectivity index is 1.43. The van der Waals surface area contributed by atoms with E-state index < -0.39 is 24.0 Å². The Hall–Kier alpha value is -3.65. The number of carbonyl (C=O) groups is 3. The van der Waals surface area contributed by atoms with E-state index in [1.165, 1.54) is 6.07 Å². The number of hydrogen-bond acceptors (Lipinski definition) is 4. The maximum Gasteiger partial charge on any atom is 0.411 e. The van der Waals surface area contributed by atoms with Gasteiger partial charge in [-0.15, -0.1) is 0 Å². The Bertz CT molecular complexity index is 1230. The molecule has 0 spiro atoms. The minimum absolute atomic E-state index is 0.0612. The summed E-state index contributed by atoms with van der Waals surface area (Å²) in [6.45, 7) is 1.98. The van der Waals surface area contributed by atoms with Crippen LogP contribution in [0.5, 0.6) is 0 Å². The highest BCUT2D eigenvalue weighted by molar-refractivity contribution is 9.10. The summed E-state index contributed by atoms with van der Waals surface area (Å²) in [5.74, 6) is -1.46. The van der Waals surface area contributed by atoms with E-state index in [9.17, 15) is 14.4 Å². The fourth-order valence-electron chi connectivity index (χ4n) is 4.28. The normalized spacial score (nSPS) is 12.9. The lowest BCUT2D eigenvalue weighted by molar-refractivity contribution is -0.137. The van der Waals surface area contributed by atoms with Gasteiger partial charge in [0, 0.05) is 22.0 Å². The molecule has 1 aliphatic carbocycles. The molecule has 0 aliphatic heterocycles. The van der Waals surface area contributed by atoms with E-state index in [0.717, 1.165) is 22.3 Å². The molecular weight excluding hydrogens is 512 g/mol. The summed E-state index contributed by atoms with van der Waals surface area (Å²) in [6, 6.07) is 20.5. The standard InChI is InChI=1S/C27H25BrN2O5/c1-2-17(14-25(31)32)29-26(33)16-11-12-23(28)24(13-16)30-27(34)35-15-22-20-9-5-3-7-18(20)19-8-4-6-10-21(19)22/h3-13,17,22H,2,14-15H2,1H3,(H,29,33)(H,30,34)(H,31,32)/t17-/m1/s1. The third kappa shape index (κ3) is 5.54. The van der Waals surface area contributed by atoms with Crippen molar-refractivity contribution in [2.75, 3.05) is 11.9 Å². The van der Waals surface area contributed by atoms with Gasteiger partial charge in [0.15, 0.2) is 0 Å². The average molecular weight is 537 g/mol. The summed E-state index contributed by atoms with van der Waals surface area (Å²) >= 11 is 3.39. The first-order valence-electron chi connectivity index (χ1n) is 11.3. The Kier molecular flexibility index (Phi) is 7.51. The number of nitrogens with one attached hydrogen (secondary N) is 2. The van der Waals surface area contributed by atoms with Gasteiger partial charge >= 0.3 is 12.1 Å². The molecule has 0 radical (unpaired) electrons. The zero-order chi connectivity index (χ0) is 24.9. The number of hydrogen-bond donors (Lipinski definition) is 3. The summed E-state index contributed by atoms with van der Waals surface area (Å²) in [5, 5.41) is 14.4. The monoisotopic (exact) mass is 536 g/mol. The molecule has 0 bridgehead atoms. The minimum Gasteiger partial charge on any atom is -0.481 e. The van der Waals surface area contributed by atoms with Crippen LogP contribution >= 0.6 is 15.9 Å². The molecular formula is C27H25BrN2O5. The van der Waals surface area contributed by atoms with Crippen molar-refractivity contribution in [1.82, 2.24) is 5.32 Å². The van der Waals surface area contributed by atoms with Crippen molar-refractivity contribution in [2.24, 2.45) is 0 Å². The molecule has 0 unspecified atom stereocenters. The highest BCUT2D eigenvalue weighted by Crippen LogP contribution is 2.44. The maximum atomic E-state index is 12.7. The van der Waals surface area contributed by atoms with Gasteiger partial charge in [-0.25, -0.2) is 4.79 Å². The fourth-order valence-corrected chi connectivity index (χ4v) is 4.63. The van der Waals surface area contributed by atoms with Crippen molar-refractivity contribution >= 4 is 39.6 Å². The number of halogens is 1. The van der Waals surface area contributed by atoms with Crippen LogP contribution in [0, 0.1) is 0 Å². The van der Waals surface area contributed by atoms with E-state index in [-0.39, 0.29) is 18.9 Å². The summed E-state index contributed by atoms with van der Waals surface area (Å²) in [4.78, 5) is 36.2. The third-order valence-electron chi connectivity index (χ3n) is 6.06. The predicted octanol–water partition coefficient (Wildman–Crippen LogP) is 5.79. The fraction of sp³-hybridized carbons (Fsp3) is 0.222. The quantitative estimate of drug-likeness (QED) is 0.337. The van der Waals surface area contributed by atoms with Gasteiger partial charge in [-0.2, -0.15) is 0 Å². The summed E-state index contributed by atoms with van der Waals surface area (Å²) in [7, 11) is 0. The van der Waals surface area contributed by atoms with Crippen LogP contribution in [0.3, 0.4) is 0 Å². The number of aliphatic carboxylic acids is 1. The lowest BCUT2D eigenvalue weighted by Crippen LogP contribution is -2.36. The summed E-state index contributed by atoms with van der Waals surface area (Å²) in [6.07, 6.45) is -0.314. The first-order valence-corrected chi connectivity index (χ1v) is 12.1. The number of carboxylic acid groups (broad SMARTS) is 1. The number of benzene rings is 3. The van der Waals surface area contributed by atoms with Crippen LogP contribution in [0.25, 0.3) is 11.1 Å². The molecule has 3 aromatic carbocycles. The van der Waals surface area contributed by atoms with Crippen LogP contribution in [0.2, 0.25) is 0 Å². The van der Waals surface area contributed by atoms with Crippen molar-refractivity contribution in [2.45, 2.75) is 31.7 Å². The van der Waals surface area contributed by atoms with E-state index >= 15 is 0 Å². The summed E-state index contributed by atoms with van der Waals surface area (Å²) in [5.41, 5.74) is 5.20. The zero-order valence-corrected chi connectivity index (χ0v) is 20.7. The summed E-state index contributed by atoms with van der Waals surface area (Å²) < 4.78 is 6.17. The number of anilines is 1. The van der Waals surface area contributed by atoms with Crippen LogP contribution < -0.4 is 10.6 Å². The molecule has 4 rings (SSSR count). The van der Waals surface area contributed by atoms with Crippen molar-refractivity contribution in [1.29, 1.82) is 0 Å². The molecule has 2 amide bonds. The Morgan fingerprint density at radius 1 is 1.00 bits per heavy atom. The molecule has 0 heterocycles. The first kappa shape index (κ1) is 24.5. The Morgan fingerprint density at radius 3 is 2.23 bits per heavy atom. The SMILES string of the molecule is CC[C@H](CC(=O)O)NC(=O)c1ccc(Br)c(NC(=O)OCC2c3ccccc3-c3ccccc32)c1. The maximum absolute atomic E-state index is 12.7. The van der Waals surface area contributed by atoms with E-state index in [1.807, 2.05) is 36.4 Å². The van der Waals surface area contributed by atoms with Crippen LogP contribution in [0.1, 0.15) is 47.2 Å². The molecule has 8 heteroatoms. The number of rotatable bonds is 8. The number of carbonyl (C=O) groups excluding carboxylic acids is 2. The molecule has 1 atom stereocenters. The van der Waals surface area contributed by atoms with Crippen molar-refractivity contribution in [3.63, 3.8) is 0 Å². The molecule has 1 aliphatic rings.